The van der Waals surface area contributed by atoms with Gasteiger partial charge >= 0.3 is 5.97 Å². The van der Waals surface area contributed by atoms with Crippen LogP contribution in [0.15, 0.2) is 18.2 Å². The fourth-order valence-electron chi connectivity index (χ4n) is 1.77. The molecule has 1 heterocycles. The number of nitrogens with zero attached hydrogens (tertiary/aromatic N) is 1. The second kappa shape index (κ2) is 4.82. The molecule has 0 amide bonds. The van der Waals surface area contributed by atoms with Gasteiger partial charge in [-0.05, 0) is 18.6 Å². The van der Waals surface area contributed by atoms with E-state index in [1.54, 1.807) is 6.07 Å². The topological polar surface area (TPSA) is 48.4 Å². The molecule has 0 atom stereocenters. The van der Waals surface area contributed by atoms with Gasteiger partial charge in [0.15, 0.2) is 5.69 Å². The zero-order chi connectivity index (χ0) is 13.3. The number of carbonyl (C=O) groups excluding carboxylic acids is 1. The molecule has 2 aromatic rings. The van der Waals surface area contributed by atoms with E-state index < -0.39 is 5.97 Å². The van der Waals surface area contributed by atoms with Crippen molar-refractivity contribution in [3.05, 3.63) is 34.5 Å². The maximum Gasteiger partial charge on any atom is 0.356 e. The van der Waals surface area contributed by atoms with Gasteiger partial charge in [-0.3, -0.25) is 0 Å². The van der Waals surface area contributed by atoms with Crippen LogP contribution >= 0.6 is 11.6 Å². The van der Waals surface area contributed by atoms with E-state index in [-0.39, 0.29) is 5.69 Å². The fraction of sp³-hybridized carbons (Fsp3) is 0.231. The number of ether oxygens (including phenoxy) is 2. The summed E-state index contributed by atoms with van der Waals surface area (Å²) < 4.78 is 9.93. The third-order valence-corrected chi connectivity index (χ3v) is 3.00. The molecule has 4 nitrogen and oxygen atoms in total. The van der Waals surface area contributed by atoms with Gasteiger partial charge in [-0.2, -0.15) is 0 Å². The summed E-state index contributed by atoms with van der Waals surface area (Å²) in [5.41, 5.74) is 1.76. The normalized spacial score (nSPS) is 10.4. The Hall–Kier alpha value is -1.81. The molecule has 18 heavy (non-hydrogen) atoms. The molecule has 0 radical (unpaired) electrons. The van der Waals surface area contributed by atoms with Crippen molar-refractivity contribution in [3.8, 4) is 5.75 Å². The number of halogens is 1. The first kappa shape index (κ1) is 12.6. The molecule has 0 aliphatic rings. The van der Waals surface area contributed by atoms with Crippen molar-refractivity contribution < 1.29 is 14.3 Å². The Kier molecular flexibility index (Phi) is 3.39. The summed E-state index contributed by atoms with van der Waals surface area (Å²) in [7, 11) is 2.83. The van der Waals surface area contributed by atoms with Gasteiger partial charge in [0, 0.05) is 6.07 Å². The van der Waals surface area contributed by atoms with E-state index in [1.807, 2.05) is 13.0 Å². The summed E-state index contributed by atoms with van der Waals surface area (Å²) in [6.45, 7) is 1.90. The molecule has 1 aromatic carbocycles. The Bertz CT molecular complexity index is 625. The number of hydrogen-bond acceptors (Lipinski definition) is 4. The lowest BCUT2D eigenvalue weighted by molar-refractivity contribution is 0.0594. The van der Waals surface area contributed by atoms with E-state index in [0.717, 1.165) is 5.56 Å². The van der Waals surface area contributed by atoms with E-state index in [0.29, 0.717) is 21.7 Å². The van der Waals surface area contributed by atoms with Crippen LogP contribution in [0.5, 0.6) is 5.75 Å². The van der Waals surface area contributed by atoms with Gasteiger partial charge in [0.2, 0.25) is 0 Å². The van der Waals surface area contributed by atoms with Crippen molar-refractivity contribution >= 4 is 28.5 Å². The number of aryl methyl sites for hydroxylation is 1. The third-order valence-electron chi connectivity index (χ3n) is 2.69. The van der Waals surface area contributed by atoms with Crippen LogP contribution in [0.4, 0.5) is 0 Å². The van der Waals surface area contributed by atoms with Crippen LogP contribution in [-0.2, 0) is 4.74 Å². The highest BCUT2D eigenvalue weighted by atomic mass is 35.5. The van der Waals surface area contributed by atoms with Gasteiger partial charge < -0.3 is 9.47 Å². The van der Waals surface area contributed by atoms with Crippen LogP contribution in [-0.4, -0.2) is 25.2 Å². The Balaban J connectivity index is 2.83. The molecule has 0 bridgehead atoms. The monoisotopic (exact) mass is 265 g/mol. The first-order chi connectivity index (χ1) is 8.58. The first-order valence-corrected chi connectivity index (χ1v) is 5.68. The van der Waals surface area contributed by atoms with Crippen LogP contribution in [0.1, 0.15) is 16.1 Å². The van der Waals surface area contributed by atoms with Crippen molar-refractivity contribution in [1.29, 1.82) is 0 Å². The van der Waals surface area contributed by atoms with E-state index in [2.05, 4.69) is 9.72 Å². The molecule has 0 aliphatic heterocycles. The molecule has 0 saturated carbocycles. The minimum Gasteiger partial charge on any atom is -0.496 e. The molecule has 0 unspecified atom stereocenters. The molecule has 0 saturated heterocycles. The van der Waals surface area contributed by atoms with Crippen LogP contribution in [0.2, 0.25) is 5.02 Å². The van der Waals surface area contributed by atoms with Crippen LogP contribution < -0.4 is 4.74 Å². The highest BCUT2D eigenvalue weighted by Gasteiger charge is 2.16. The molecule has 5 heteroatoms. The summed E-state index contributed by atoms with van der Waals surface area (Å²) >= 11 is 6.14. The molecule has 2 rings (SSSR count). The summed E-state index contributed by atoms with van der Waals surface area (Å²) in [6, 6.07) is 5.15. The van der Waals surface area contributed by atoms with Gasteiger partial charge in [-0.1, -0.05) is 17.7 Å². The molecule has 0 N–H and O–H groups in total. The average Bonchev–Trinajstić information content (AvgIpc) is 2.40. The number of aromatic nitrogens is 1. The van der Waals surface area contributed by atoms with E-state index >= 15 is 0 Å². The Morgan fingerprint density at radius 3 is 2.67 bits per heavy atom. The standard InChI is InChI=1S/C13H12ClNO3/c1-7-4-5-8(14)11-10(17-2)6-9(13(16)18-3)15-12(7)11/h4-6H,1-3H3. The van der Waals surface area contributed by atoms with Crippen molar-refractivity contribution in [2.75, 3.05) is 14.2 Å². The smallest absolute Gasteiger partial charge is 0.356 e. The third kappa shape index (κ3) is 1.99. The molecule has 0 aliphatic carbocycles. The lowest BCUT2D eigenvalue weighted by Crippen LogP contribution is -2.05. The Morgan fingerprint density at radius 2 is 2.06 bits per heavy atom. The molecule has 0 fully saturated rings. The van der Waals surface area contributed by atoms with Gasteiger partial charge in [-0.25, -0.2) is 9.78 Å². The van der Waals surface area contributed by atoms with E-state index in [1.165, 1.54) is 20.3 Å². The first-order valence-electron chi connectivity index (χ1n) is 5.30. The second-order valence-corrected chi connectivity index (χ2v) is 4.20. The number of esters is 1. The predicted molar refractivity (Wildman–Crippen MR) is 69.4 cm³/mol. The largest absolute Gasteiger partial charge is 0.496 e. The van der Waals surface area contributed by atoms with E-state index in [9.17, 15) is 4.79 Å². The van der Waals surface area contributed by atoms with E-state index in [4.69, 9.17) is 16.3 Å². The lowest BCUT2D eigenvalue weighted by atomic mass is 10.1. The average molecular weight is 266 g/mol. The summed E-state index contributed by atoms with van der Waals surface area (Å²) in [5, 5.41) is 1.24. The number of carbonyl (C=O) groups is 1. The Labute approximate surface area is 109 Å². The van der Waals surface area contributed by atoms with Crippen molar-refractivity contribution in [2.45, 2.75) is 6.92 Å². The van der Waals surface area contributed by atoms with Gasteiger partial charge in [0.25, 0.3) is 0 Å². The SMILES string of the molecule is COC(=O)c1cc(OC)c2c(Cl)ccc(C)c2n1. The van der Waals surface area contributed by atoms with Crippen molar-refractivity contribution in [1.82, 2.24) is 4.98 Å². The zero-order valence-corrected chi connectivity index (χ0v) is 11.0. The maximum absolute atomic E-state index is 11.5. The lowest BCUT2D eigenvalue weighted by Gasteiger charge is -2.10. The molecular formula is C13H12ClNO3. The highest BCUT2D eigenvalue weighted by Crippen LogP contribution is 2.33. The van der Waals surface area contributed by atoms with Crippen molar-refractivity contribution in [2.24, 2.45) is 0 Å². The zero-order valence-electron chi connectivity index (χ0n) is 10.3. The number of fused-ring (bicyclic) bond motifs is 1. The molecule has 1 aromatic heterocycles. The maximum atomic E-state index is 11.5. The van der Waals surface area contributed by atoms with Gasteiger partial charge in [0.1, 0.15) is 5.75 Å². The van der Waals surface area contributed by atoms with Crippen molar-refractivity contribution in [3.63, 3.8) is 0 Å². The predicted octanol–water partition coefficient (Wildman–Crippen LogP) is 2.99. The summed E-state index contributed by atoms with van der Waals surface area (Å²) in [6.07, 6.45) is 0. The quantitative estimate of drug-likeness (QED) is 0.783. The van der Waals surface area contributed by atoms with Crippen LogP contribution in [0.3, 0.4) is 0 Å². The number of rotatable bonds is 2. The number of methoxy groups -OCH3 is 2. The second-order valence-electron chi connectivity index (χ2n) is 3.79. The van der Waals surface area contributed by atoms with Crippen LogP contribution in [0, 0.1) is 6.92 Å². The number of pyridine rings is 1. The van der Waals surface area contributed by atoms with Gasteiger partial charge in [-0.15, -0.1) is 0 Å². The summed E-state index contributed by atoms with van der Waals surface area (Å²) in [4.78, 5) is 15.8. The number of hydrogen-bond donors (Lipinski definition) is 0. The number of benzene rings is 1. The molecular weight excluding hydrogens is 254 g/mol. The minimum absolute atomic E-state index is 0.201. The minimum atomic E-state index is -0.505. The molecule has 94 valence electrons. The Morgan fingerprint density at radius 1 is 1.33 bits per heavy atom. The van der Waals surface area contributed by atoms with Gasteiger partial charge in [0.05, 0.1) is 30.1 Å². The molecule has 0 spiro atoms. The fourth-order valence-corrected chi connectivity index (χ4v) is 2.01. The highest BCUT2D eigenvalue weighted by molar-refractivity contribution is 6.36. The summed E-state index contributed by atoms with van der Waals surface area (Å²) in [5.74, 6) is 0.00340. The van der Waals surface area contributed by atoms with Crippen LogP contribution in [0.25, 0.3) is 10.9 Å².